The minimum atomic E-state index is -4.43. The van der Waals surface area contributed by atoms with E-state index >= 15 is 0 Å². The summed E-state index contributed by atoms with van der Waals surface area (Å²) in [5.41, 5.74) is 4.25. The number of benzene rings is 3. The van der Waals surface area contributed by atoms with Crippen LogP contribution in [0.1, 0.15) is 22.4 Å². The van der Waals surface area contributed by atoms with Crippen LogP contribution < -0.4 is 15.5 Å². The maximum absolute atomic E-state index is 12.9. The third kappa shape index (κ3) is 8.01. The molecular weight excluding hydrogens is 696 g/mol. The molecule has 1 amide bonds. The SMILES string of the molecule is O=C(Cc1csc(Nc2cccc(C(F)(F)F)c2)n1)N/N=C\c1cc(Br)c(OCc2ccccc2)c(I)c1. The number of carbonyl (C=O) groups excluding carboxylic acids is 1. The van der Waals surface area contributed by atoms with Gasteiger partial charge < -0.3 is 10.1 Å². The quantitative estimate of drug-likeness (QED) is 0.107. The Labute approximate surface area is 242 Å². The number of thiazole rings is 1. The molecule has 1 heterocycles. The zero-order valence-corrected chi connectivity index (χ0v) is 24.0. The first-order valence-electron chi connectivity index (χ1n) is 11.0. The van der Waals surface area contributed by atoms with Crippen LogP contribution in [-0.2, 0) is 24.0 Å². The predicted molar refractivity (Wildman–Crippen MR) is 154 cm³/mol. The van der Waals surface area contributed by atoms with Gasteiger partial charge in [-0.3, -0.25) is 4.79 Å². The molecule has 0 aliphatic rings. The summed E-state index contributed by atoms with van der Waals surface area (Å²) >= 11 is 6.89. The number of halogens is 5. The molecule has 4 aromatic rings. The Kier molecular flexibility index (Phi) is 9.39. The Balaban J connectivity index is 1.30. The van der Waals surface area contributed by atoms with Crippen molar-refractivity contribution in [3.05, 3.63) is 103 Å². The largest absolute Gasteiger partial charge is 0.487 e. The summed E-state index contributed by atoms with van der Waals surface area (Å²) in [7, 11) is 0. The van der Waals surface area contributed by atoms with Crippen molar-refractivity contribution in [1.29, 1.82) is 0 Å². The number of nitrogens with zero attached hydrogens (tertiary/aromatic N) is 2. The standard InChI is InChI=1S/C26H19BrF3IN4O2S/c27-21-9-17(10-22(31)24(21)37-14-16-5-2-1-3-6-16)13-32-35-23(36)12-20-15-38-25(34-20)33-19-8-4-7-18(11-19)26(28,29)30/h1-11,13,15H,12,14H2,(H,33,34)(H,35,36)/b32-13-. The smallest absolute Gasteiger partial charge is 0.416 e. The molecule has 0 aliphatic heterocycles. The molecule has 1 aromatic heterocycles. The van der Waals surface area contributed by atoms with Crippen LogP contribution in [0, 0.1) is 3.57 Å². The highest BCUT2D eigenvalue weighted by atomic mass is 127. The summed E-state index contributed by atoms with van der Waals surface area (Å²) in [6.07, 6.45) is -2.95. The fraction of sp³-hybridized carbons (Fsp3) is 0.115. The van der Waals surface area contributed by atoms with Crippen molar-refractivity contribution < 1.29 is 22.7 Å². The monoisotopic (exact) mass is 714 g/mol. The minimum Gasteiger partial charge on any atom is -0.487 e. The number of anilines is 2. The minimum absolute atomic E-state index is 0.0361. The molecule has 0 saturated heterocycles. The third-order valence-corrected chi connectivity index (χ3v) is 7.18. The molecule has 0 atom stereocenters. The molecule has 6 nitrogen and oxygen atoms in total. The zero-order valence-electron chi connectivity index (χ0n) is 19.4. The number of hydrazone groups is 1. The lowest BCUT2D eigenvalue weighted by atomic mass is 10.2. The molecule has 2 N–H and O–H groups in total. The summed E-state index contributed by atoms with van der Waals surface area (Å²) in [6, 6.07) is 18.4. The molecule has 38 heavy (non-hydrogen) atoms. The van der Waals surface area contributed by atoms with Gasteiger partial charge in [-0.2, -0.15) is 18.3 Å². The lowest BCUT2D eigenvalue weighted by Gasteiger charge is -2.11. The molecule has 0 radical (unpaired) electrons. The van der Waals surface area contributed by atoms with Gasteiger partial charge in [-0.15, -0.1) is 11.3 Å². The number of alkyl halides is 3. The number of nitrogens with one attached hydrogen (secondary N) is 2. The maximum Gasteiger partial charge on any atom is 0.416 e. The van der Waals surface area contributed by atoms with Crippen molar-refractivity contribution >= 4 is 72.8 Å². The Hall–Kier alpha value is -2.97. The summed E-state index contributed by atoms with van der Waals surface area (Å²) in [5.74, 6) is 0.336. The summed E-state index contributed by atoms with van der Waals surface area (Å²) in [6.45, 7) is 0.437. The van der Waals surface area contributed by atoms with Gasteiger partial charge >= 0.3 is 6.18 Å². The first-order valence-corrected chi connectivity index (χ1v) is 13.8. The van der Waals surface area contributed by atoms with Crippen LogP contribution in [0.2, 0.25) is 0 Å². The van der Waals surface area contributed by atoms with Gasteiger partial charge in [0.1, 0.15) is 12.4 Å². The Morgan fingerprint density at radius 3 is 2.66 bits per heavy atom. The van der Waals surface area contributed by atoms with Crippen LogP contribution in [0.15, 0.2) is 81.7 Å². The second-order valence-electron chi connectivity index (χ2n) is 7.91. The van der Waals surface area contributed by atoms with Crippen molar-refractivity contribution in [2.24, 2.45) is 5.10 Å². The van der Waals surface area contributed by atoms with E-state index in [0.717, 1.165) is 31.3 Å². The van der Waals surface area contributed by atoms with Crippen molar-refractivity contribution in [3.8, 4) is 5.75 Å². The molecular formula is C26H19BrF3IN4O2S. The Bertz CT molecular complexity index is 1420. The highest BCUT2D eigenvalue weighted by Crippen LogP contribution is 2.33. The van der Waals surface area contributed by atoms with Gasteiger partial charge in [-0.05, 0) is 80.0 Å². The van der Waals surface area contributed by atoms with Gasteiger partial charge in [-0.1, -0.05) is 36.4 Å². The van der Waals surface area contributed by atoms with Gasteiger partial charge in [-0.25, -0.2) is 10.4 Å². The van der Waals surface area contributed by atoms with E-state index in [1.165, 1.54) is 29.7 Å². The molecule has 196 valence electrons. The molecule has 0 spiro atoms. The lowest BCUT2D eigenvalue weighted by Crippen LogP contribution is -2.20. The van der Waals surface area contributed by atoms with Crippen molar-refractivity contribution in [1.82, 2.24) is 10.4 Å². The van der Waals surface area contributed by atoms with Gasteiger partial charge in [0, 0.05) is 11.1 Å². The van der Waals surface area contributed by atoms with E-state index < -0.39 is 11.7 Å². The molecule has 0 aliphatic carbocycles. The number of hydrogen-bond acceptors (Lipinski definition) is 6. The highest BCUT2D eigenvalue weighted by Gasteiger charge is 2.30. The summed E-state index contributed by atoms with van der Waals surface area (Å²) in [5, 5.41) is 8.89. The van der Waals surface area contributed by atoms with Crippen molar-refractivity contribution in [2.45, 2.75) is 19.2 Å². The lowest BCUT2D eigenvalue weighted by molar-refractivity contribution is -0.137. The van der Waals surface area contributed by atoms with Crippen LogP contribution in [0.3, 0.4) is 0 Å². The number of carbonyl (C=O) groups is 1. The van der Waals surface area contributed by atoms with Crippen LogP contribution in [-0.4, -0.2) is 17.1 Å². The Morgan fingerprint density at radius 2 is 1.92 bits per heavy atom. The zero-order chi connectivity index (χ0) is 27.1. The molecule has 3 aromatic carbocycles. The molecule has 0 bridgehead atoms. The molecule has 12 heteroatoms. The van der Waals surface area contributed by atoms with Gasteiger partial charge in [0.05, 0.1) is 31.9 Å². The van der Waals surface area contributed by atoms with E-state index in [-0.39, 0.29) is 18.0 Å². The first-order chi connectivity index (χ1) is 18.2. The van der Waals surface area contributed by atoms with E-state index in [9.17, 15) is 18.0 Å². The van der Waals surface area contributed by atoms with E-state index in [0.29, 0.717) is 23.2 Å². The first kappa shape index (κ1) is 28.0. The topological polar surface area (TPSA) is 75.6 Å². The Morgan fingerprint density at radius 1 is 1.13 bits per heavy atom. The van der Waals surface area contributed by atoms with Crippen LogP contribution >= 0.6 is 49.9 Å². The van der Waals surface area contributed by atoms with Gasteiger partial charge in [0.2, 0.25) is 5.91 Å². The average molecular weight is 715 g/mol. The molecule has 0 unspecified atom stereocenters. The van der Waals surface area contributed by atoms with E-state index in [1.54, 1.807) is 5.38 Å². The molecule has 0 fully saturated rings. The second kappa shape index (κ2) is 12.7. The van der Waals surface area contributed by atoms with Crippen LogP contribution in [0.4, 0.5) is 24.0 Å². The van der Waals surface area contributed by atoms with Crippen LogP contribution in [0.5, 0.6) is 5.75 Å². The number of rotatable bonds is 9. The fourth-order valence-electron chi connectivity index (χ4n) is 3.25. The molecule has 0 saturated carbocycles. The van der Waals surface area contributed by atoms with Gasteiger partial charge in [0.25, 0.3) is 0 Å². The fourth-order valence-corrected chi connectivity index (χ4v) is 5.75. The summed E-state index contributed by atoms with van der Waals surface area (Å²) in [4.78, 5) is 16.6. The molecule has 4 rings (SSSR count). The number of ether oxygens (including phenoxy) is 1. The van der Waals surface area contributed by atoms with Crippen molar-refractivity contribution in [2.75, 3.05) is 5.32 Å². The third-order valence-electron chi connectivity index (χ3n) is 4.98. The van der Waals surface area contributed by atoms with Gasteiger partial charge in [0.15, 0.2) is 5.13 Å². The maximum atomic E-state index is 12.9. The van der Waals surface area contributed by atoms with E-state index in [4.69, 9.17) is 4.74 Å². The van der Waals surface area contributed by atoms with Crippen molar-refractivity contribution in [3.63, 3.8) is 0 Å². The number of aromatic nitrogens is 1. The normalized spacial score (nSPS) is 11.5. The summed E-state index contributed by atoms with van der Waals surface area (Å²) < 4.78 is 46.3. The van der Waals surface area contributed by atoms with Crippen LogP contribution in [0.25, 0.3) is 0 Å². The number of hydrogen-bond donors (Lipinski definition) is 2. The van der Waals surface area contributed by atoms with E-state index in [1.807, 2.05) is 42.5 Å². The highest BCUT2D eigenvalue weighted by molar-refractivity contribution is 14.1. The number of amides is 1. The second-order valence-corrected chi connectivity index (χ2v) is 10.8. The van der Waals surface area contributed by atoms with E-state index in [2.05, 4.69) is 59.3 Å². The average Bonchev–Trinajstić information content (AvgIpc) is 3.30. The predicted octanol–water partition coefficient (Wildman–Crippen LogP) is 7.54.